The molecule has 0 fully saturated rings. The van der Waals surface area contributed by atoms with E-state index in [9.17, 15) is 13.2 Å². The minimum Gasteiger partial charge on any atom is -0.508 e. The van der Waals surface area contributed by atoms with Crippen LogP contribution in [0.1, 0.15) is 10.6 Å². The number of nitrogens with one attached hydrogen (secondary N) is 1. The monoisotopic (exact) mass is 282 g/mol. The van der Waals surface area contributed by atoms with Crippen molar-refractivity contribution < 1.29 is 22.7 Å². The average molecular weight is 282 g/mol. The number of rotatable bonds is 3. The molecule has 0 saturated carbocycles. The van der Waals surface area contributed by atoms with Crippen molar-refractivity contribution >= 4 is 21.6 Å². The maximum atomic E-state index is 11.7. The van der Waals surface area contributed by atoms with Crippen LogP contribution < -0.4 is 10.5 Å². The lowest BCUT2D eigenvalue weighted by Crippen LogP contribution is -2.12. The number of anilines is 1. The molecule has 0 spiro atoms. The summed E-state index contributed by atoms with van der Waals surface area (Å²) in [6.45, 7) is 0. The Balaban J connectivity index is 2.16. The van der Waals surface area contributed by atoms with Crippen molar-refractivity contribution in [2.75, 3.05) is 5.32 Å². The summed E-state index contributed by atoms with van der Waals surface area (Å²) in [6, 6.07) is 8.06. The van der Waals surface area contributed by atoms with Gasteiger partial charge >= 0.3 is 0 Å². The van der Waals surface area contributed by atoms with E-state index < -0.39 is 21.0 Å². The Morgan fingerprint density at radius 3 is 2.32 bits per heavy atom. The van der Waals surface area contributed by atoms with Crippen molar-refractivity contribution in [3.05, 3.63) is 42.2 Å². The Kier molecular flexibility index (Phi) is 3.28. The van der Waals surface area contributed by atoms with Gasteiger partial charge in [0.15, 0.2) is 5.76 Å². The first-order chi connectivity index (χ1) is 8.86. The summed E-state index contributed by atoms with van der Waals surface area (Å²) >= 11 is 0. The molecule has 0 atom stereocenters. The highest BCUT2D eigenvalue weighted by Gasteiger charge is 2.17. The summed E-state index contributed by atoms with van der Waals surface area (Å²) in [5.41, 5.74) is 0.427. The summed E-state index contributed by atoms with van der Waals surface area (Å²) < 4.78 is 26.8. The predicted molar refractivity (Wildman–Crippen MR) is 66.1 cm³/mol. The highest BCUT2D eigenvalue weighted by atomic mass is 32.2. The highest BCUT2D eigenvalue weighted by molar-refractivity contribution is 7.89. The smallest absolute Gasteiger partial charge is 0.291 e. The van der Waals surface area contributed by atoms with E-state index in [2.05, 4.69) is 5.32 Å². The molecular formula is C11H10N2O5S. The van der Waals surface area contributed by atoms with E-state index in [0.717, 1.165) is 6.07 Å². The largest absolute Gasteiger partial charge is 0.508 e. The Hall–Kier alpha value is -2.32. The fourth-order valence-electron chi connectivity index (χ4n) is 1.33. The maximum absolute atomic E-state index is 11.7. The van der Waals surface area contributed by atoms with Crippen LogP contribution in [0.2, 0.25) is 0 Å². The van der Waals surface area contributed by atoms with Crippen LogP contribution in [-0.2, 0) is 10.0 Å². The Morgan fingerprint density at radius 2 is 1.79 bits per heavy atom. The SMILES string of the molecule is NS(=O)(=O)c1ccc(C(=O)Nc2ccc(O)cc2)o1. The Morgan fingerprint density at radius 1 is 1.16 bits per heavy atom. The summed E-state index contributed by atoms with van der Waals surface area (Å²) in [5, 5.41) is 15.9. The Labute approximate surface area is 108 Å². The van der Waals surface area contributed by atoms with E-state index in [1.54, 1.807) is 0 Å². The molecule has 1 aromatic carbocycles. The van der Waals surface area contributed by atoms with Crippen molar-refractivity contribution in [3.63, 3.8) is 0 Å². The van der Waals surface area contributed by atoms with Gasteiger partial charge in [0.05, 0.1) is 0 Å². The molecule has 1 heterocycles. The number of hydrogen-bond donors (Lipinski definition) is 3. The fourth-order valence-corrected chi connectivity index (χ4v) is 1.80. The van der Waals surface area contributed by atoms with Crippen molar-refractivity contribution in [2.45, 2.75) is 5.09 Å². The number of primary sulfonamides is 1. The third kappa shape index (κ3) is 3.12. The van der Waals surface area contributed by atoms with Gasteiger partial charge < -0.3 is 14.8 Å². The summed E-state index contributed by atoms with van der Waals surface area (Å²) in [6.07, 6.45) is 0. The number of aromatic hydroxyl groups is 1. The normalized spacial score (nSPS) is 11.2. The molecule has 0 aliphatic heterocycles. The van der Waals surface area contributed by atoms with Crippen molar-refractivity contribution in [3.8, 4) is 5.75 Å². The van der Waals surface area contributed by atoms with Crippen LogP contribution >= 0.6 is 0 Å². The maximum Gasteiger partial charge on any atom is 0.291 e. The molecule has 1 amide bonds. The zero-order valence-electron chi connectivity index (χ0n) is 9.53. The van der Waals surface area contributed by atoms with Gasteiger partial charge in [-0.25, -0.2) is 13.6 Å². The molecular weight excluding hydrogens is 272 g/mol. The number of benzene rings is 1. The standard InChI is InChI=1S/C11H10N2O5S/c12-19(16,17)10-6-5-9(18-10)11(15)13-7-1-3-8(14)4-2-7/h1-6,14H,(H,13,15)(H2,12,16,17). The number of phenols is 1. The number of amides is 1. The Bertz CT molecular complexity index is 703. The quantitative estimate of drug-likeness (QED) is 0.721. The molecule has 2 aromatic rings. The van der Waals surface area contributed by atoms with Gasteiger partial charge in [0, 0.05) is 5.69 Å². The number of hydrogen-bond acceptors (Lipinski definition) is 5. The number of carbonyl (C=O) groups excluding carboxylic acids is 1. The van der Waals surface area contributed by atoms with Crippen molar-refractivity contribution in [1.82, 2.24) is 0 Å². The van der Waals surface area contributed by atoms with Crippen LogP contribution in [0.25, 0.3) is 0 Å². The molecule has 0 radical (unpaired) electrons. The molecule has 100 valence electrons. The lowest BCUT2D eigenvalue weighted by molar-refractivity contribution is 0.0991. The molecule has 2 rings (SSSR count). The van der Waals surface area contributed by atoms with Gasteiger partial charge in [-0.3, -0.25) is 4.79 Å². The zero-order chi connectivity index (χ0) is 14.0. The van der Waals surface area contributed by atoms with E-state index in [1.807, 2.05) is 0 Å². The van der Waals surface area contributed by atoms with E-state index >= 15 is 0 Å². The molecule has 1 aromatic heterocycles. The molecule has 0 aliphatic rings. The molecule has 0 saturated heterocycles. The number of sulfonamides is 1. The van der Waals surface area contributed by atoms with Gasteiger partial charge in [-0.2, -0.15) is 0 Å². The van der Waals surface area contributed by atoms with E-state index in [4.69, 9.17) is 14.7 Å². The summed E-state index contributed by atoms with van der Waals surface area (Å²) in [4.78, 5) is 11.7. The van der Waals surface area contributed by atoms with Gasteiger partial charge in [0.25, 0.3) is 15.9 Å². The second kappa shape index (κ2) is 4.75. The summed E-state index contributed by atoms with van der Waals surface area (Å²) in [7, 11) is -3.97. The number of carbonyl (C=O) groups is 1. The third-order valence-corrected chi connectivity index (χ3v) is 2.99. The van der Waals surface area contributed by atoms with Gasteiger partial charge in [0.1, 0.15) is 5.75 Å². The molecule has 4 N–H and O–H groups in total. The first-order valence-corrected chi connectivity index (χ1v) is 6.64. The topological polar surface area (TPSA) is 123 Å². The van der Waals surface area contributed by atoms with Crippen LogP contribution in [0.3, 0.4) is 0 Å². The molecule has 0 aliphatic carbocycles. The van der Waals surface area contributed by atoms with Gasteiger partial charge in [-0.1, -0.05) is 0 Å². The van der Waals surface area contributed by atoms with Crippen LogP contribution in [0.15, 0.2) is 45.9 Å². The van der Waals surface area contributed by atoms with Crippen molar-refractivity contribution in [1.29, 1.82) is 0 Å². The van der Waals surface area contributed by atoms with Crippen LogP contribution in [0, 0.1) is 0 Å². The van der Waals surface area contributed by atoms with E-state index in [-0.39, 0.29) is 11.5 Å². The number of nitrogens with two attached hydrogens (primary N) is 1. The molecule has 0 bridgehead atoms. The molecule has 19 heavy (non-hydrogen) atoms. The zero-order valence-corrected chi connectivity index (χ0v) is 10.3. The first-order valence-electron chi connectivity index (χ1n) is 5.09. The lowest BCUT2D eigenvalue weighted by atomic mass is 10.3. The minimum absolute atomic E-state index is 0.0625. The molecule has 7 nitrogen and oxygen atoms in total. The van der Waals surface area contributed by atoms with E-state index in [1.165, 1.54) is 30.3 Å². The van der Waals surface area contributed by atoms with Gasteiger partial charge in [-0.15, -0.1) is 0 Å². The number of furan rings is 1. The van der Waals surface area contributed by atoms with Crippen LogP contribution in [0.5, 0.6) is 5.75 Å². The number of phenolic OH excluding ortho intramolecular Hbond substituents is 1. The molecule has 0 unspecified atom stereocenters. The second-order valence-corrected chi connectivity index (χ2v) is 5.16. The predicted octanol–water partition coefficient (Wildman–Crippen LogP) is 0.885. The van der Waals surface area contributed by atoms with E-state index in [0.29, 0.717) is 5.69 Å². The third-order valence-electron chi connectivity index (χ3n) is 2.21. The minimum atomic E-state index is -3.97. The average Bonchev–Trinajstić information content (AvgIpc) is 2.81. The molecule has 8 heteroatoms. The lowest BCUT2D eigenvalue weighted by Gasteiger charge is -2.02. The highest BCUT2D eigenvalue weighted by Crippen LogP contribution is 2.17. The van der Waals surface area contributed by atoms with Crippen molar-refractivity contribution in [2.24, 2.45) is 5.14 Å². The van der Waals surface area contributed by atoms with Gasteiger partial charge in [0.2, 0.25) is 5.09 Å². The fraction of sp³-hybridized carbons (Fsp3) is 0. The summed E-state index contributed by atoms with van der Waals surface area (Å²) in [5.74, 6) is -0.745. The van der Waals surface area contributed by atoms with Gasteiger partial charge in [-0.05, 0) is 36.4 Å². The second-order valence-electron chi connectivity index (χ2n) is 3.66. The van der Waals surface area contributed by atoms with Crippen LogP contribution in [0.4, 0.5) is 5.69 Å². The first kappa shape index (κ1) is 13.1. The van der Waals surface area contributed by atoms with Crippen LogP contribution in [-0.4, -0.2) is 19.4 Å².